The van der Waals surface area contributed by atoms with Crippen LogP contribution in [0.3, 0.4) is 0 Å². The molecule has 0 spiro atoms. The van der Waals surface area contributed by atoms with Crippen LogP contribution in [0.25, 0.3) is 0 Å². The molecule has 2 atom stereocenters. The Morgan fingerprint density at radius 2 is 2.11 bits per heavy atom. The predicted octanol–water partition coefficient (Wildman–Crippen LogP) is 3.93. The third kappa shape index (κ3) is 3.58. The second kappa shape index (κ2) is 6.73. The van der Waals surface area contributed by atoms with Gasteiger partial charge in [0.2, 0.25) is 0 Å². The van der Waals surface area contributed by atoms with Crippen molar-refractivity contribution in [1.82, 2.24) is 5.32 Å². The molecule has 1 saturated carbocycles. The molecule has 19 heavy (non-hydrogen) atoms. The van der Waals surface area contributed by atoms with E-state index in [1.54, 1.807) is 0 Å². The third-order valence-corrected chi connectivity index (χ3v) is 4.46. The van der Waals surface area contributed by atoms with Gasteiger partial charge in [-0.3, -0.25) is 0 Å². The van der Waals surface area contributed by atoms with Gasteiger partial charge in [-0.2, -0.15) is 5.26 Å². The van der Waals surface area contributed by atoms with Crippen LogP contribution in [0.5, 0.6) is 0 Å². The van der Waals surface area contributed by atoms with Gasteiger partial charge in [-0.1, -0.05) is 32.3 Å². The zero-order chi connectivity index (χ0) is 13.7. The van der Waals surface area contributed by atoms with Gasteiger partial charge in [-0.25, -0.2) is 0 Å². The summed E-state index contributed by atoms with van der Waals surface area (Å²) in [6, 6.07) is 8.86. The first-order valence-electron chi connectivity index (χ1n) is 7.47. The van der Waals surface area contributed by atoms with Crippen molar-refractivity contribution < 1.29 is 0 Å². The largest absolute Gasteiger partial charge is 0.310 e. The molecule has 1 aromatic rings. The highest BCUT2D eigenvalue weighted by Gasteiger charge is 2.22. The fourth-order valence-corrected chi connectivity index (χ4v) is 3.17. The smallest absolute Gasteiger partial charge is 0.0991 e. The summed E-state index contributed by atoms with van der Waals surface area (Å²) in [5.74, 6) is 0.840. The molecule has 1 aliphatic carbocycles. The Labute approximate surface area is 116 Å². The molecule has 1 aromatic carbocycles. The lowest BCUT2D eigenvalue weighted by molar-refractivity contribution is 0.254. The van der Waals surface area contributed by atoms with E-state index in [1.807, 2.05) is 12.1 Å². The van der Waals surface area contributed by atoms with E-state index < -0.39 is 0 Å². The quantitative estimate of drug-likeness (QED) is 0.886. The van der Waals surface area contributed by atoms with Crippen LogP contribution >= 0.6 is 0 Å². The minimum Gasteiger partial charge on any atom is -0.310 e. The Morgan fingerprint density at radius 1 is 1.32 bits per heavy atom. The fraction of sp³-hybridized carbons (Fsp3) is 0.588. The molecule has 1 aliphatic rings. The van der Waals surface area contributed by atoms with Crippen molar-refractivity contribution >= 4 is 0 Å². The summed E-state index contributed by atoms with van der Waals surface area (Å²) < 4.78 is 0. The molecule has 1 fully saturated rings. The number of benzene rings is 1. The molecular formula is C17H24N2. The molecule has 0 aromatic heterocycles. The molecule has 2 rings (SSSR count). The minimum atomic E-state index is 0.675. The van der Waals surface area contributed by atoms with Crippen LogP contribution in [0.1, 0.15) is 55.7 Å². The summed E-state index contributed by atoms with van der Waals surface area (Å²) in [6.45, 7) is 5.33. The van der Waals surface area contributed by atoms with Crippen LogP contribution in [0.2, 0.25) is 0 Å². The van der Waals surface area contributed by atoms with Gasteiger partial charge in [0, 0.05) is 12.6 Å². The Bertz CT molecular complexity index is 459. The van der Waals surface area contributed by atoms with Crippen molar-refractivity contribution in [2.75, 3.05) is 0 Å². The number of aryl methyl sites for hydroxylation is 1. The number of nitriles is 1. The van der Waals surface area contributed by atoms with E-state index >= 15 is 0 Å². The lowest BCUT2D eigenvalue weighted by Crippen LogP contribution is -2.37. The summed E-state index contributed by atoms with van der Waals surface area (Å²) in [4.78, 5) is 0. The van der Waals surface area contributed by atoms with Crippen LogP contribution in [0.4, 0.5) is 0 Å². The summed E-state index contributed by atoms with van der Waals surface area (Å²) in [6.07, 6.45) is 6.73. The molecule has 0 saturated heterocycles. The molecule has 102 valence electrons. The van der Waals surface area contributed by atoms with Crippen molar-refractivity contribution in [3.8, 4) is 6.07 Å². The van der Waals surface area contributed by atoms with Gasteiger partial charge in [-0.05, 0) is 48.9 Å². The van der Waals surface area contributed by atoms with Gasteiger partial charge in [0.05, 0.1) is 11.6 Å². The Kier molecular flexibility index (Phi) is 4.99. The van der Waals surface area contributed by atoms with Gasteiger partial charge in [0.15, 0.2) is 0 Å². The third-order valence-electron chi connectivity index (χ3n) is 4.46. The predicted molar refractivity (Wildman–Crippen MR) is 78.8 cm³/mol. The second-order valence-corrected chi connectivity index (χ2v) is 5.69. The minimum absolute atomic E-state index is 0.675. The molecule has 0 bridgehead atoms. The van der Waals surface area contributed by atoms with Gasteiger partial charge in [0.25, 0.3) is 0 Å². The summed E-state index contributed by atoms with van der Waals surface area (Å²) in [7, 11) is 0. The van der Waals surface area contributed by atoms with Gasteiger partial charge in [0.1, 0.15) is 0 Å². The number of rotatable bonds is 4. The van der Waals surface area contributed by atoms with Gasteiger partial charge < -0.3 is 5.32 Å². The zero-order valence-electron chi connectivity index (χ0n) is 12.1. The van der Waals surface area contributed by atoms with E-state index in [-0.39, 0.29) is 0 Å². The lowest BCUT2D eigenvalue weighted by Gasteiger charge is -2.32. The highest BCUT2D eigenvalue weighted by atomic mass is 14.9. The monoisotopic (exact) mass is 256 g/mol. The van der Waals surface area contributed by atoms with E-state index in [9.17, 15) is 0 Å². The maximum atomic E-state index is 8.89. The van der Waals surface area contributed by atoms with Crippen LogP contribution in [0, 0.1) is 24.2 Å². The Morgan fingerprint density at radius 3 is 2.79 bits per heavy atom. The molecule has 2 heteroatoms. The Hall–Kier alpha value is -1.33. The van der Waals surface area contributed by atoms with Crippen LogP contribution < -0.4 is 5.32 Å². The highest BCUT2D eigenvalue weighted by Crippen LogP contribution is 2.27. The van der Waals surface area contributed by atoms with Crippen molar-refractivity contribution in [2.45, 2.75) is 58.5 Å². The molecule has 1 N–H and O–H groups in total. The second-order valence-electron chi connectivity index (χ2n) is 5.69. The summed E-state index contributed by atoms with van der Waals surface area (Å²) in [5, 5.41) is 12.6. The number of nitrogens with one attached hydrogen (secondary N) is 1. The van der Waals surface area contributed by atoms with E-state index in [2.05, 4.69) is 31.3 Å². The Balaban J connectivity index is 1.96. The van der Waals surface area contributed by atoms with E-state index in [1.165, 1.54) is 43.2 Å². The standard InChI is InChI=1S/C17H24N2/c1-3-15-6-4-5-7-17(15)19-12-16-9-8-14(11-18)10-13(16)2/h8-10,15,17,19H,3-7,12H2,1-2H3. The molecule has 0 radical (unpaired) electrons. The van der Waals surface area contributed by atoms with Crippen LogP contribution in [-0.4, -0.2) is 6.04 Å². The van der Waals surface area contributed by atoms with Crippen LogP contribution in [0.15, 0.2) is 18.2 Å². The van der Waals surface area contributed by atoms with Gasteiger partial charge >= 0.3 is 0 Å². The highest BCUT2D eigenvalue weighted by molar-refractivity contribution is 5.37. The SMILES string of the molecule is CCC1CCCCC1NCc1ccc(C#N)cc1C. The molecule has 0 heterocycles. The van der Waals surface area contributed by atoms with E-state index in [0.29, 0.717) is 6.04 Å². The first-order chi connectivity index (χ1) is 9.24. The molecular weight excluding hydrogens is 232 g/mol. The van der Waals surface area contributed by atoms with Crippen molar-refractivity contribution in [2.24, 2.45) is 5.92 Å². The molecule has 0 amide bonds. The average molecular weight is 256 g/mol. The zero-order valence-corrected chi connectivity index (χ0v) is 12.1. The first-order valence-corrected chi connectivity index (χ1v) is 7.47. The number of hydrogen-bond donors (Lipinski definition) is 1. The van der Waals surface area contributed by atoms with Crippen LogP contribution in [-0.2, 0) is 6.54 Å². The maximum absolute atomic E-state index is 8.89. The van der Waals surface area contributed by atoms with Crippen molar-refractivity contribution in [1.29, 1.82) is 5.26 Å². The van der Waals surface area contributed by atoms with Crippen molar-refractivity contribution in [3.63, 3.8) is 0 Å². The van der Waals surface area contributed by atoms with Gasteiger partial charge in [-0.15, -0.1) is 0 Å². The average Bonchev–Trinajstić information content (AvgIpc) is 2.46. The summed E-state index contributed by atoms with van der Waals surface area (Å²) >= 11 is 0. The molecule has 0 aliphatic heterocycles. The summed E-state index contributed by atoms with van der Waals surface area (Å²) in [5.41, 5.74) is 3.29. The lowest BCUT2D eigenvalue weighted by atomic mass is 9.83. The first kappa shape index (κ1) is 14.1. The topological polar surface area (TPSA) is 35.8 Å². The maximum Gasteiger partial charge on any atom is 0.0991 e. The van der Waals surface area contributed by atoms with E-state index in [4.69, 9.17) is 5.26 Å². The normalized spacial score (nSPS) is 23.0. The molecule has 2 nitrogen and oxygen atoms in total. The number of hydrogen-bond acceptors (Lipinski definition) is 2. The van der Waals surface area contributed by atoms with E-state index in [0.717, 1.165) is 18.0 Å². The fourth-order valence-electron chi connectivity index (χ4n) is 3.17. The molecule has 2 unspecified atom stereocenters. The number of nitrogens with zero attached hydrogens (tertiary/aromatic N) is 1. The van der Waals surface area contributed by atoms with Crippen molar-refractivity contribution in [3.05, 3.63) is 34.9 Å².